The Morgan fingerprint density at radius 2 is 1.52 bits per heavy atom. The molecule has 3 nitrogen and oxygen atoms in total. The van der Waals surface area contributed by atoms with E-state index in [0.29, 0.717) is 5.56 Å². The van der Waals surface area contributed by atoms with E-state index in [9.17, 15) is 10.2 Å². The highest BCUT2D eigenvalue weighted by Crippen LogP contribution is 2.41. The minimum atomic E-state index is -0.193. The van der Waals surface area contributed by atoms with E-state index in [2.05, 4.69) is 29.3 Å². The summed E-state index contributed by atoms with van der Waals surface area (Å²) in [6, 6.07) is 24.2. The number of fused-ring (bicyclic) bond motifs is 2. The van der Waals surface area contributed by atoms with Crippen molar-refractivity contribution in [1.82, 2.24) is 0 Å². The maximum Gasteiger partial charge on any atom is 0.132 e. The third-order valence-electron chi connectivity index (χ3n) is 5.47. The van der Waals surface area contributed by atoms with Crippen LogP contribution in [0.2, 0.25) is 0 Å². The van der Waals surface area contributed by atoms with Gasteiger partial charge in [0.2, 0.25) is 0 Å². The van der Waals surface area contributed by atoms with Crippen molar-refractivity contribution in [1.29, 1.82) is 0 Å². The number of phenolic OH excluding ortho intramolecular Hbond substituents is 1. The quantitative estimate of drug-likeness (QED) is 0.428. The van der Waals surface area contributed by atoms with Crippen LogP contribution in [-0.2, 0) is 0 Å². The average molecular weight is 383 g/mol. The number of hydrogen-bond acceptors (Lipinski definition) is 3. The van der Waals surface area contributed by atoms with Crippen molar-refractivity contribution in [2.45, 2.75) is 19.9 Å². The van der Waals surface area contributed by atoms with Crippen LogP contribution in [0.25, 0.3) is 32.7 Å². The molecule has 4 aromatic rings. The largest absolute Gasteiger partial charge is 0.507 e. The van der Waals surface area contributed by atoms with E-state index >= 15 is 0 Å². The number of aromatic hydroxyl groups is 1. The van der Waals surface area contributed by atoms with Gasteiger partial charge in [-0.1, -0.05) is 80.6 Å². The third kappa shape index (κ3) is 3.62. The zero-order valence-corrected chi connectivity index (χ0v) is 16.7. The summed E-state index contributed by atoms with van der Waals surface area (Å²) in [7, 11) is 0. The minimum absolute atomic E-state index is 0.0152. The van der Waals surface area contributed by atoms with Gasteiger partial charge >= 0.3 is 0 Å². The Balaban J connectivity index is 1.98. The maximum absolute atomic E-state index is 11.3. The highest BCUT2D eigenvalue weighted by Gasteiger charge is 2.16. The molecule has 0 aliphatic rings. The molecule has 0 unspecified atom stereocenters. The summed E-state index contributed by atoms with van der Waals surface area (Å²) in [6.07, 6.45) is 1.69. The lowest BCUT2D eigenvalue weighted by molar-refractivity contribution is 0.240. The summed E-state index contributed by atoms with van der Waals surface area (Å²) in [5.41, 5.74) is 2.46. The number of aliphatic hydroxyl groups is 1. The van der Waals surface area contributed by atoms with Gasteiger partial charge < -0.3 is 10.2 Å². The van der Waals surface area contributed by atoms with Crippen molar-refractivity contribution in [2.24, 2.45) is 10.9 Å². The average Bonchev–Trinajstić information content (AvgIpc) is 2.74. The number of nitrogens with zero attached hydrogens (tertiary/aromatic N) is 1. The Morgan fingerprint density at radius 3 is 2.24 bits per heavy atom. The van der Waals surface area contributed by atoms with Gasteiger partial charge in [-0.25, -0.2) is 0 Å². The summed E-state index contributed by atoms with van der Waals surface area (Å²) < 4.78 is 0. The zero-order chi connectivity index (χ0) is 20.4. The smallest absolute Gasteiger partial charge is 0.132 e. The van der Waals surface area contributed by atoms with Crippen molar-refractivity contribution in [2.75, 3.05) is 6.61 Å². The Kier molecular flexibility index (Phi) is 5.32. The molecule has 0 amide bonds. The van der Waals surface area contributed by atoms with E-state index in [1.165, 1.54) is 0 Å². The van der Waals surface area contributed by atoms with Crippen LogP contribution in [0.15, 0.2) is 77.8 Å². The lowest BCUT2D eigenvalue weighted by atomic mass is 9.91. The van der Waals surface area contributed by atoms with Crippen LogP contribution in [-0.4, -0.2) is 29.1 Å². The molecule has 29 heavy (non-hydrogen) atoms. The summed E-state index contributed by atoms with van der Waals surface area (Å²) >= 11 is 0. The molecule has 0 bridgehead atoms. The van der Waals surface area contributed by atoms with E-state index in [1.54, 1.807) is 6.21 Å². The first-order valence-electron chi connectivity index (χ1n) is 9.97. The first-order valence-corrected chi connectivity index (χ1v) is 9.97. The number of hydrogen-bond donors (Lipinski definition) is 2. The number of phenols is 1. The molecule has 0 aliphatic carbocycles. The first kappa shape index (κ1) is 19.2. The molecule has 0 heterocycles. The van der Waals surface area contributed by atoms with Gasteiger partial charge in [-0.05, 0) is 39.1 Å². The van der Waals surface area contributed by atoms with Gasteiger partial charge in [0.1, 0.15) is 5.75 Å². The molecular formula is C26H25NO2. The lowest BCUT2D eigenvalue weighted by Gasteiger charge is -2.16. The number of aliphatic imine (C=N–C) groups is 1. The van der Waals surface area contributed by atoms with Gasteiger partial charge in [-0.15, -0.1) is 0 Å². The number of benzene rings is 4. The molecule has 1 atom stereocenters. The van der Waals surface area contributed by atoms with Crippen LogP contribution in [0.4, 0.5) is 0 Å². The van der Waals surface area contributed by atoms with Gasteiger partial charge in [-0.2, -0.15) is 0 Å². The predicted molar refractivity (Wildman–Crippen MR) is 122 cm³/mol. The Hall–Kier alpha value is -3.17. The molecule has 0 aliphatic heterocycles. The third-order valence-corrected chi connectivity index (χ3v) is 5.47. The normalized spacial score (nSPS) is 13.0. The fraction of sp³-hybridized carbons (Fsp3) is 0.192. The maximum atomic E-state index is 11.3. The van der Waals surface area contributed by atoms with E-state index in [0.717, 1.165) is 32.7 Å². The number of rotatable bonds is 5. The van der Waals surface area contributed by atoms with E-state index in [4.69, 9.17) is 0 Å². The van der Waals surface area contributed by atoms with Crippen LogP contribution in [0.1, 0.15) is 19.4 Å². The summed E-state index contributed by atoms with van der Waals surface area (Å²) in [5.74, 6) is 0.431. The molecular weight excluding hydrogens is 358 g/mol. The van der Waals surface area contributed by atoms with Gasteiger partial charge in [0, 0.05) is 17.3 Å². The topological polar surface area (TPSA) is 52.8 Å². The van der Waals surface area contributed by atoms with Crippen LogP contribution >= 0.6 is 0 Å². The molecule has 0 spiro atoms. The standard InChI is InChI=1S/C26H25NO2/c1-17(2)24(16-28)27-15-20-14-19-9-4-6-12-22(19)25(26(20)29)23-13-7-10-18-8-3-5-11-21(18)23/h3-15,17,24,28-29H,16H2,1-2H3/b27-15+/t24-/m1/s1. The van der Waals surface area contributed by atoms with E-state index in [1.807, 2.05) is 62.4 Å². The summed E-state index contributed by atoms with van der Waals surface area (Å²) in [5, 5.41) is 25.1. The number of aliphatic hydroxyl groups excluding tert-OH is 1. The molecule has 0 radical (unpaired) electrons. The van der Waals surface area contributed by atoms with Gasteiger partial charge in [0.25, 0.3) is 0 Å². The van der Waals surface area contributed by atoms with Gasteiger partial charge in [0.15, 0.2) is 0 Å². The Morgan fingerprint density at radius 1 is 0.862 bits per heavy atom. The minimum Gasteiger partial charge on any atom is -0.507 e. The summed E-state index contributed by atoms with van der Waals surface area (Å²) in [4.78, 5) is 4.54. The van der Waals surface area contributed by atoms with Crippen molar-refractivity contribution in [3.63, 3.8) is 0 Å². The fourth-order valence-electron chi connectivity index (χ4n) is 3.78. The van der Waals surface area contributed by atoms with Crippen LogP contribution in [0.3, 0.4) is 0 Å². The van der Waals surface area contributed by atoms with Crippen molar-refractivity contribution < 1.29 is 10.2 Å². The van der Waals surface area contributed by atoms with Crippen molar-refractivity contribution >= 4 is 27.8 Å². The van der Waals surface area contributed by atoms with Crippen LogP contribution in [0, 0.1) is 5.92 Å². The molecule has 0 saturated carbocycles. The molecule has 3 heteroatoms. The van der Waals surface area contributed by atoms with E-state index in [-0.39, 0.29) is 24.3 Å². The molecule has 4 rings (SSSR count). The zero-order valence-electron chi connectivity index (χ0n) is 16.7. The SMILES string of the molecule is CC(C)[C@@H](CO)/N=C/c1cc2ccccc2c(-c2cccc3ccccc23)c1O. The highest BCUT2D eigenvalue weighted by molar-refractivity contribution is 6.10. The molecule has 0 saturated heterocycles. The molecule has 2 N–H and O–H groups in total. The fourth-order valence-corrected chi connectivity index (χ4v) is 3.78. The van der Waals surface area contributed by atoms with Crippen LogP contribution < -0.4 is 0 Å². The Bertz CT molecular complexity index is 1190. The predicted octanol–water partition coefficient (Wildman–Crippen LogP) is 5.80. The second kappa shape index (κ2) is 8.06. The molecule has 0 fully saturated rings. The lowest BCUT2D eigenvalue weighted by Crippen LogP contribution is -2.17. The van der Waals surface area contributed by atoms with Gasteiger partial charge in [0.05, 0.1) is 12.6 Å². The van der Waals surface area contributed by atoms with Crippen LogP contribution in [0.5, 0.6) is 5.75 Å². The van der Waals surface area contributed by atoms with E-state index < -0.39 is 0 Å². The second-order valence-corrected chi connectivity index (χ2v) is 7.71. The Labute approximate surface area is 171 Å². The first-order chi connectivity index (χ1) is 14.1. The van der Waals surface area contributed by atoms with Gasteiger partial charge in [-0.3, -0.25) is 4.99 Å². The highest BCUT2D eigenvalue weighted by atomic mass is 16.3. The van der Waals surface area contributed by atoms with Crippen molar-refractivity contribution in [3.05, 3.63) is 78.4 Å². The monoisotopic (exact) mass is 383 g/mol. The van der Waals surface area contributed by atoms with Crippen molar-refractivity contribution in [3.8, 4) is 16.9 Å². The summed E-state index contributed by atoms with van der Waals surface area (Å²) in [6.45, 7) is 4.04. The molecule has 146 valence electrons. The molecule has 0 aromatic heterocycles. The second-order valence-electron chi connectivity index (χ2n) is 7.71. The molecule has 4 aromatic carbocycles.